The van der Waals surface area contributed by atoms with Crippen LogP contribution in [0.25, 0.3) is 11.1 Å². The van der Waals surface area contributed by atoms with E-state index in [1.165, 1.54) is 54.2 Å². The first kappa shape index (κ1) is 30.5. The maximum Gasteiger partial charge on any atom is 0.179 e. The maximum atomic E-state index is 2.40. The molecule has 0 N–H and O–H groups in total. The Morgan fingerprint density at radius 1 is 0.439 bits per heavy atom. The number of nitrogens with zero attached hydrogens (tertiary/aromatic N) is 2. The van der Waals surface area contributed by atoms with Crippen molar-refractivity contribution in [1.82, 2.24) is 9.80 Å². The molecular formula is C38H46N2Si. The van der Waals surface area contributed by atoms with Gasteiger partial charge in [0.25, 0.3) is 0 Å². The van der Waals surface area contributed by atoms with Crippen LogP contribution in [0.2, 0.25) is 0 Å². The predicted octanol–water partition coefficient (Wildman–Crippen LogP) is 5.77. The average molecular weight is 559 g/mol. The molecule has 0 aliphatic heterocycles. The van der Waals surface area contributed by atoms with Crippen molar-refractivity contribution < 1.29 is 0 Å². The average Bonchev–Trinajstić information content (AvgIpc) is 2.98. The van der Waals surface area contributed by atoms with Gasteiger partial charge in [0.05, 0.1) is 0 Å². The van der Waals surface area contributed by atoms with Gasteiger partial charge in [-0.05, 0) is 98.9 Å². The van der Waals surface area contributed by atoms with E-state index in [9.17, 15) is 0 Å². The molecule has 4 aromatic rings. The molecule has 0 aromatic heterocycles. The summed E-state index contributed by atoms with van der Waals surface area (Å²) < 4.78 is 0. The van der Waals surface area contributed by atoms with Crippen LogP contribution in [0.4, 0.5) is 0 Å². The van der Waals surface area contributed by atoms with Gasteiger partial charge in [0.15, 0.2) is 8.07 Å². The SMILES string of the molecule is CC(CN(C)C)=C(C)c1ccc([Si](c2ccccc2)(c2ccccc2)c2ccc(C(C)=C(C)CN(C)C)cc2)cc1. The van der Waals surface area contributed by atoms with Gasteiger partial charge in [-0.2, -0.15) is 0 Å². The normalized spacial score (nSPS) is 13.3. The third kappa shape index (κ3) is 6.70. The van der Waals surface area contributed by atoms with Crippen molar-refractivity contribution in [1.29, 1.82) is 0 Å². The molecule has 0 spiro atoms. The number of benzene rings is 4. The Hall–Kier alpha value is -3.50. The van der Waals surface area contributed by atoms with Crippen LogP contribution < -0.4 is 20.7 Å². The van der Waals surface area contributed by atoms with Crippen molar-refractivity contribution in [2.75, 3.05) is 41.3 Å². The highest BCUT2D eigenvalue weighted by Crippen LogP contribution is 2.21. The molecule has 41 heavy (non-hydrogen) atoms. The van der Waals surface area contributed by atoms with Gasteiger partial charge in [0.1, 0.15) is 0 Å². The molecule has 0 bridgehead atoms. The molecule has 0 heterocycles. The molecule has 212 valence electrons. The number of likely N-dealkylation sites (N-methyl/N-ethyl adjacent to an activating group) is 2. The third-order valence-electron chi connectivity index (χ3n) is 8.30. The van der Waals surface area contributed by atoms with E-state index in [0.717, 1.165) is 13.1 Å². The van der Waals surface area contributed by atoms with Crippen LogP contribution in [0.3, 0.4) is 0 Å². The first-order valence-electron chi connectivity index (χ1n) is 14.6. The summed E-state index contributed by atoms with van der Waals surface area (Å²) in [5.41, 5.74) is 8.12. The van der Waals surface area contributed by atoms with Crippen molar-refractivity contribution in [3.8, 4) is 0 Å². The van der Waals surface area contributed by atoms with Gasteiger partial charge in [-0.1, -0.05) is 120 Å². The maximum absolute atomic E-state index is 2.57. The molecule has 0 radical (unpaired) electrons. The Kier molecular flexibility index (Phi) is 9.98. The summed E-state index contributed by atoms with van der Waals surface area (Å²) in [7, 11) is 5.95. The molecule has 0 unspecified atom stereocenters. The van der Waals surface area contributed by atoms with Crippen molar-refractivity contribution in [3.05, 3.63) is 131 Å². The lowest BCUT2D eigenvalue weighted by atomic mass is 10.0. The van der Waals surface area contributed by atoms with Gasteiger partial charge in [0, 0.05) is 13.1 Å². The standard InChI is InChI=1S/C38H46N2Si/c1-29(27-39(5)6)31(3)33-19-23-37(24-20-33)41(35-15-11-9-12-16-35,36-17-13-10-14-18-36)38-25-21-34(22-26-38)32(4)30(2)28-40(7)8/h9-26H,27-28H2,1-8H3. The number of hydrogen-bond acceptors (Lipinski definition) is 2. The van der Waals surface area contributed by atoms with E-state index in [4.69, 9.17) is 0 Å². The van der Waals surface area contributed by atoms with Crippen LogP contribution in [0.15, 0.2) is 120 Å². The minimum atomic E-state index is -2.57. The third-order valence-corrected chi connectivity index (χ3v) is 13.1. The molecule has 0 saturated heterocycles. The molecule has 0 saturated carbocycles. The smallest absolute Gasteiger partial charge is 0.179 e. The minimum Gasteiger partial charge on any atom is -0.305 e. The summed E-state index contributed by atoms with van der Waals surface area (Å²) >= 11 is 0. The minimum absolute atomic E-state index is 0.967. The fourth-order valence-electron chi connectivity index (χ4n) is 6.00. The van der Waals surface area contributed by atoms with E-state index in [1.54, 1.807) is 0 Å². The highest BCUT2D eigenvalue weighted by atomic mass is 28.3. The van der Waals surface area contributed by atoms with Crippen molar-refractivity contribution in [2.24, 2.45) is 0 Å². The number of allylic oxidation sites excluding steroid dienone is 2. The van der Waals surface area contributed by atoms with Crippen LogP contribution in [0, 0.1) is 0 Å². The van der Waals surface area contributed by atoms with E-state index in [1.807, 2.05) is 0 Å². The zero-order valence-corrected chi connectivity index (χ0v) is 27.2. The number of rotatable bonds is 10. The first-order valence-corrected chi connectivity index (χ1v) is 16.6. The molecule has 2 nitrogen and oxygen atoms in total. The summed E-state index contributed by atoms with van der Waals surface area (Å²) in [4.78, 5) is 4.47. The highest BCUT2D eigenvalue weighted by molar-refractivity contribution is 7.19. The lowest BCUT2D eigenvalue weighted by Gasteiger charge is -2.34. The Labute approximate surface area is 249 Å². The Morgan fingerprint density at radius 3 is 1.02 bits per heavy atom. The van der Waals surface area contributed by atoms with Crippen molar-refractivity contribution in [3.63, 3.8) is 0 Å². The summed E-state index contributed by atoms with van der Waals surface area (Å²) in [5.74, 6) is 0. The lowest BCUT2D eigenvalue weighted by Crippen LogP contribution is -2.74. The van der Waals surface area contributed by atoms with Crippen molar-refractivity contribution in [2.45, 2.75) is 27.7 Å². The molecular weight excluding hydrogens is 513 g/mol. The van der Waals surface area contributed by atoms with Crippen LogP contribution in [0.5, 0.6) is 0 Å². The van der Waals surface area contributed by atoms with Gasteiger partial charge in [-0.15, -0.1) is 0 Å². The second-order valence-electron chi connectivity index (χ2n) is 11.9. The van der Waals surface area contributed by atoms with E-state index in [0.29, 0.717) is 0 Å². The fraction of sp³-hybridized carbons (Fsp3) is 0.263. The topological polar surface area (TPSA) is 6.48 Å². The Bertz CT molecular complexity index is 1360. The Balaban J connectivity index is 1.93. The fourth-order valence-corrected chi connectivity index (χ4v) is 10.7. The van der Waals surface area contributed by atoms with E-state index >= 15 is 0 Å². The van der Waals surface area contributed by atoms with Crippen LogP contribution in [-0.2, 0) is 0 Å². The van der Waals surface area contributed by atoms with Gasteiger partial charge in [-0.25, -0.2) is 0 Å². The van der Waals surface area contributed by atoms with E-state index in [-0.39, 0.29) is 0 Å². The van der Waals surface area contributed by atoms with E-state index in [2.05, 4.69) is 175 Å². The van der Waals surface area contributed by atoms with Crippen LogP contribution in [0.1, 0.15) is 38.8 Å². The summed E-state index contributed by atoms with van der Waals surface area (Å²) in [6, 6.07) is 41.3. The molecule has 3 heteroatoms. The van der Waals surface area contributed by atoms with Crippen LogP contribution in [-0.4, -0.2) is 59.2 Å². The zero-order chi connectivity index (χ0) is 29.6. The van der Waals surface area contributed by atoms with Crippen LogP contribution >= 0.6 is 0 Å². The Morgan fingerprint density at radius 2 is 0.732 bits per heavy atom. The second kappa shape index (κ2) is 13.4. The monoisotopic (exact) mass is 558 g/mol. The molecule has 4 aromatic carbocycles. The molecule has 0 fully saturated rings. The number of hydrogen-bond donors (Lipinski definition) is 0. The molecule has 0 aliphatic carbocycles. The molecule has 0 atom stereocenters. The van der Waals surface area contributed by atoms with Gasteiger partial charge in [-0.3, -0.25) is 0 Å². The molecule has 4 rings (SSSR count). The van der Waals surface area contributed by atoms with E-state index < -0.39 is 8.07 Å². The second-order valence-corrected chi connectivity index (χ2v) is 15.7. The van der Waals surface area contributed by atoms with Gasteiger partial charge >= 0.3 is 0 Å². The zero-order valence-electron chi connectivity index (χ0n) is 26.2. The lowest BCUT2D eigenvalue weighted by molar-refractivity contribution is 0.445. The molecule has 0 aliphatic rings. The first-order chi connectivity index (χ1) is 19.6. The van der Waals surface area contributed by atoms with Gasteiger partial charge in [0.2, 0.25) is 0 Å². The summed E-state index contributed by atoms with van der Waals surface area (Å²) in [6.07, 6.45) is 0. The highest BCUT2D eigenvalue weighted by Gasteiger charge is 2.41. The molecule has 0 amide bonds. The summed E-state index contributed by atoms with van der Waals surface area (Å²) in [6.45, 7) is 10.9. The summed E-state index contributed by atoms with van der Waals surface area (Å²) in [5, 5.41) is 5.61. The predicted molar refractivity (Wildman–Crippen MR) is 184 cm³/mol. The van der Waals surface area contributed by atoms with Crippen molar-refractivity contribution >= 4 is 40.0 Å². The largest absolute Gasteiger partial charge is 0.305 e. The van der Waals surface area contributed by atoms with Gasteiger partial charge < -0.3 is 9.80 Å². The quantitative estimate of drug-likeness (QED) is 0.180.